The normalized spacial score (nSPS) is 11.6. The molecule has 0 rings (SSSR count). The standard InChI is InChI=1S/C36H74N8O6/c1-35(2,3)49-33(47)43-29-15-25-39-21-11-9-19-37-23-13-27-41-31(45)17-7-8-18-32(46)42-28-14-24-38-20-10-12-22-40-26-16-30-44-34(48)50-36(4,5)6/h37-40H,7-30H2,1-6H3,(H,41,45)(H,42,46)(H,43,47)(H,44,48). The number of ether oxygens (including phenoxy) is 2. The topological polar surface area (TPSA) is 183 Å². The number of hydrogen-bond donors (Lipinski definition) is 8. The smallest absolute Gasteiger partial charge is 0.407 e. The Morgan fingerprint density at radius 2 is 0.620 bits per heavy atom. The van der Waals surface area contributed by atoms with E-state index in [0.717, 1.165) is 104 Å². The number of rotatable bonds is 31. The summed E-state index contributed by atoms with van der Waals surface area (Å²) in [7, 11) is 0. The van der Waals surface area contributed by atoms with Crippen LogP contribution in [-0.4, -0.2) is 114 Å². The molecule has 14 heteroatoms. The average molecular weight is 715 g/mol. The highest BCUT2D eigenvalue weighted by atomic mass is 16.6. The Hall–Kier alpha value is -2.68. The molecule has 0 aliphatic rings. The average Bonchev–Trinajstić information content (AvgIpc) is 3.01. The van der Waals surface area contributed by atoms with Crippen molar-refractivity contribution in [2.45, 2.75) is 130 Å². The van der Waals surface area contributed by atoms with Crippen LogP contribution in [0.2, 0.25) is 0 Å². The van der Waals surface area contributed by atoms with Crippen molar-refractivity contribution in [3.05, 3.63) is 0 Å². The van der Waals surface area contributed by atoms with Gasteiger partial charge >= 0.3 is 12.2 Å². The number of carbonyl (C=O) groups is 4. The highest BCUT2D eigenvalue weighted by molar-refractivity contribution is 5.77. The fourth-order valence-corrected chi connectivity index (χ4v) is 4.57. The van der Waals surface area contributed by atoms with Gasteiger partial charge in [-0.05, 0) is 158 Å². The van der Waals surface area contributed by atoms with E-state index in [1.165, 1.54) is 0 Å². The van der Waals surface area contributed by atoms with Gasteiger partial charge in [-0.15, -0.1) is 0 Å². The maximum absolute atomic E-state index is 12.0. The quantitative estimate of drug-likeness (QED) is 0.0496. The molecule has 4 amide bonds. The summed E-state index contributed by atoms with van der Waals surface area (Å²) in [6, 6.07) is 0. The Kier molecular flexibility index (Phi) is 29.4. The van der Waals surface area contributed by atoms with Crippen molar-refractivity contribution >= 4 is 24.0 Å². The second kappa shape index (κ2) is 31.1. The first-order valence-corrected chi connectivity index (χ1v) is 19.1. The van der Waals surface area contributed by atoms with Gasteiger partial charge in [-0.2, -0.15) is 0 Å². The predicted octanol–water partition coefficient (Wildman–Crippen LogP) is 3.31. The highest BCUT2D eigenvalue weighted by Crippen LogP contribution is 2.07. The van der Waals surface area contributed by atoms with Gasteiger partial charge in [-0.25, -0.2) is 9.59 Å². The van der Waals surface area contributed by atoms with E-state index in [2.05, 4.69) is 42.5 Å². The van der Waals surface area contributed by atoms with Crippen LogP contribution in [0.4, 0.5) is 9.59 Å². The largest absolute Gasteiger partial charge is 0.444 e. The molecule has 0 unspecified atom stereocenters. The first-order chi connectivity index (χ1) is 23.8. The Morgan fingerprint density at radius 3 is 0.900 bits per heavy atom. The highest BCUT2D eigenvalue weighted by Gasteiger charge is 2.16. The zero-order valence-electron chi connectivity index (χ0n) is 32.4. The fraction of sp³-hybridized carbons (Fsp3) is 0.889. The molecule has 0 fully saturated rings. The van der Waals surface area contributed by atoms with Gasteiger partial charge in [0.05, 0.1) is 0 Å². The lowest BCUT2D eigenvalue weighted by Crippen LogP contribution is -2.34. The zero-order valence-corrected chi connectivity index (χ0v) is 32.4. The molecule has 50 heavy (non-hydrogen) atoms. The van der Waals surface area contributed by atoms with E-state index < -0.39 is 11.2 Å². The van der Waals surface area contributed by atoms with Crippen LogP contribution in [0.3, 0.4) is 0 Å². The van der Waals surface area contributed by atoms with E-state index in [1.54, 1.807) is 0 Å². The molecule has 0 atom stereocenters. The molecule has 0 aromatic carbocycles. The van der Waals surface area contributed by atoms with Crippen LogP contribution >= 0.6 is 0 Å². The minimum absolute atomic E-state index is 0.0484. The fourth-order valence-electron chi connectivity index (χ4n) is 4.57. The Balaban J connectivity index is 3.35. The number of amides is 4. The van der Waals surface area contributed by atoms with E-state index in [1.807, 2.05) is 41.5 Å². The van der Waals surface area contributed by atoms with Gasteiger partial charge in [0.25, 0.3) is 0 Å². The molecule has 0 bridgehead atoms. The van der Waals surface area contributed by atoms with Crippen molar-refractivity contribution in [2.24, 2.45) is 0 Å². The van der Waals surface area contributed by atoms with Crippen LogP contribution in [0.25, 0.3) is 0 Å². The van der Waals surface area contributed by atoms with E-state index >= 15 is 0 Å². The maximum Gasteiger partial charge on any atom is 0.407 e. The summed E-state index contributed by atoms with van der Waals surface area (Å²) in [5.41, 5.74) is -0.942. The first kappa shape index (κ1) is 47.3. The summed E-state index contributed by atoms with van der Waals surface area (Å²) in [5.74, 6) is 0.0967. The van der Waals surface area contributed by atoms with E-state index in [9.17, 15) is 19.2 Å². The summed E-state index contributed by atoms with van der Waals surface area (Å²) < 4.78 is 10.4. The summed E-state index contributed by atoms with van der Waals surface area (Å²) in [5, 5.41) is 25.0. The Morgan fingerprint density at radius 1 is 0.360 bits per heavy atom. The molecule has 0 saturated heterocycles. The second-order valence-electron chi connectivity index (χ2n) is 14.6. The number of alkyl carbamates (subject to hydrolysis) is 2. The van der Waals surface area contributed by atoms with Gasteiger partial charge < -0.3 is 52.0 Å². The minimum Gasteiger partial charge on any atom is -0.444 e. The minimum atomic E-state index is -0.471. The van der Waals surface area contributed by atoms with Crippen LogP contribution in [0.5, 0.6) is 0 Å². The maximum atomic E-state index is 12.0. The predicted molar refractivity (Wildman–Crippen MR) is 201 cm³/mol. The van der Waals surface area contributed by atoms with E-state index in [-0.39, 0.29) is 24.0 Å². The zero-order chi connectivity index (χ0) is 37.4. The van der Waals surface area contributed by atoms with Gasteiger partial charge in [-0.1, -0.05) is 0 Å². The van der Waals surface area contributed by atoms with Gasteiger partial charge in [0, 0.05) is 39.0 Å². The van der Waals surface area contributed by atoms with Crippen molar-refractivity contribution in [3.63, 3.8) is 0 Å². The summed E-state index contributed by atoms with van der Waals surface area (Å²) in [6.45, 7) is 20.9. The van der Waals surface area contributed by atoms with Gasteiger partial charge in [0.1, 0.15) is 11.2 Å². The van der Waals surface area contributed by atoms with Crippen LogP contribution < -0.4 is 42.5 Å². The van der Waals surface area contributed by atoms with Gasteiger partial charge in [0.15, 0.2) is 0 Å². The molecule has 0 heterocycles. The molecule has 0 aromatic rings. The third kappa shape index (κ3) is 38.1. The Bertz CT molecular complexity index is 810. The lowest BCUT2D eigenvalue weighted by atomic mass is 10.2. The molecule has 0 aromatic heterocycles. The third-order valence-electron chi connectivity index (χ3n) is 7.07. The number of hydrogen-bond acceptors (Lipinski definition) is 10. The molecule has 0 saturated carbocycles. The van der Waals surface area contributed by atoms with Crippen molar-refractivity contribution in [1.29, 1.82) is 0 Å². The lowest BCUT2D eigenvalue weighted by molar-refractivity contribution is -0.123. The number of carbonyl (C=O) groups excluding carboxylic acids is 4. The van der Waals surface area contributed by atoms with Crippen LogP contribution in [0.15, 0.2) is 0 Å². The van der Waals surface area contributed by atoms with E-state index in [4.69, 9.17) is 9.47 Å². The Labute approximate surface area is 303 Å². The van der Waals surface area contributed by atoms with Crippen molar-refractivity contribution in [2.75, 3.05) is 78.5 Å². The SMILES string of the molecule is CC(C)(C)OC(=O)NCCCNCCCCNCCCNC(=O)CCCCC(=O)NCCCNCCCCNCCCNC(=O)OC(C)(C)C. The molecule has 0 aliphatic heterocycles. The molecule has 0 radical (unpaired) electrons. The molecule has 0 aliphatic carbocycles. The first-order valence-electron chi connectivity index (χ1n) is 19.1. The molecule has 14 nitrogen and oxygen atoms in total. The van der Waals surface area contributed by atoms with Gasteiger partial charge in [0.2, 0.25) is 11.8 Å². The number of nitrogens with one attached hydrogen (secondary N) is 8. The third-order valence-corrected chi connectivity index (χ3v) is 7.07. The molecule has 0 spiro atoms. The molecular weight excluding hydrogens is 640 g/mol. The van der Waals surface area contributed by atoms with Crippen molar-refractivity contribution in [1.82, 2.24) is 42.5 Å². The monoisotopic (exact) mass is 715 g/mol. The second-order valence-corrected chi connectivity index (χ2v) is 14.6. The van der Waals surface area contributed by atoms with Crippen LogP contribution in [0.1, 0.15) is 119 Å². The molecular formula is C36H74N8O6. The molecule has 294 valence electrons. The summed E-state index contributed by atoms with van der Waals surface area (Å²) in [4.78, 5) is 47.2. The van der Waals surface area contributed by atoms with Crippen LogP contribution in [0, 0.1) is 0 Å². The lowest BCUT2D eigenvalue weighted by Gasteiger charge is -2.19. The van der Waals surface area contributed by atoms with Crippen molar-refractivity contribution in [3.8, 4) is 0 Å². The van der Waals surface area contributed by atoms with E-state index in [0.29, 0.717) is 51.9 Å². The van der Waals surface area contributed by atoms with Crippen LogP contribution in [-0.2, 0) is 19.1 Å². The van der Waals surface area contributed by atoms with Gasteiger partial charge in [-0.3, -0.25) is 9.59 Å². The molecule has 8 N–H and O–H groups in total. The summed E-state index contributed by atoms with van der Waals surface area (Å²) >= 11 is 0. The number of unbranched alkanes of at least 4 members (excludes halogenated alkanes) is 3. The summed E-state index contributed by atoms with van der Waals surface area (Å²) in [6.07, 6.45) is 9.43. The van der Waals surface area contributed by atoms with Crippen molar-refractivity contribution < 1.29 is 28.7 Å².